The Hall–Kier alpha value is -0.670. The summed E-state index contributed by atoms with van der Waals surface area (Å²) in [6.45, 7) is 6.27. The van der Waals surface area contributed by atoms with Gasteiger partial charge < -0.3 is 4.74 Å². The molecule has 0 radical (unpaired) electrons. The molecule has 1 saturated heterocycles. The van der Waals surface area contributed by atoms with E-state index >= 15 is 0 Å². The molecular weight excluding hydrogens is 224 g/mol. The Bertz CT molecular complexity index is 381. The molecule has 0 aliphatic carbocycles. The highest BCUT2D eigenvalue weighted by Crippen LogP contribution is 2.31. The van der Waals surface area contributed by atoms with Crippen LogP contribution in [0.2, 0.25) is 5.15 Å². The number of hydrogen-bond donors (Lipinski definition) is 0. The molecule has 2 rings (SSSR count). The fraction of sp³-hybridized carbons (Fsp3) is 0.667. The van der Waals surface area contributed by atoms with Crippen molar-refractivity contribution in [2.24, 2.45) is 0 Å². The summed E-state index contributed by atoms with van der Waals surface area (Å²) in [5.74, 6) is 1.10. The van der Waals surface area contributed by atoms with Gasteiger partial charge in [0.15, 0.2) is 5.82 Å². The van der Waals surface area contributed by atoms with Crippen LogP contribution in [0.1, 0.15) is 57.2 Å². The molecule has 0 saturated carbocycles. The Balaban J connectivity index is 2.27. The quantitative estimate of drug-likeness (QED) is 0.743. The van der Waals surface area contributed by atoms with Crippen LogP contribution in [0.5, 0.6) is 0 Å². The third-order valence-corrected chi connectivity index (χ3v) is 3.04. The van der Waals surface area contributed by atoms with Crippen LogP contribution in [-0.2, 0) is 4.74 Å². The molecule has 2 unspecified atom stereocenters. The second-order valence-electron chi connectivity index (χ2n) is 4.64. The van der Waals surface area contributed by atoms with E-state index in [1.807, 2.05) is 6.07 Å². The Morgan fingerprint density at radius 2 is 2.12 bits per heavy atom. The molecule has 1 fully saturated rings. The normalized spacial score (nSPS) is 25.3. The van der Waals surface area contributed by atoms with Crippen LogP contribution < -0.4 is 0 Å². The number of halogens is 1. The van der Waals surface area contributed by atoms with Crippen LogP contribution in [0.3, 0.4) is 0 Å². The van der Waals surface area contributed by atoms with Crippen molar-refractivity contribution in [3.63, 3.8) is 0 Å². The molecule has 0 amide bonds. The first-order chi connectivity index (χ1) is 7.56. The van der Waals surface area contributed by atoms with Gasteiger partial charge in [-0.05, 0) is 31.7 Å². The Morgan fingerprint density at radius 3 is 2.69 bits per heavy atom. The maximum Gasteiger partial charge on any atom is 0.159 e. The first-order valence-corrected chi connectivity index (χ1v) is 6.14. The maximum atomic E-state index is 6.00. The number of aromatic nitrogens is 2. The van der Waals surface area contributed by atoms with Gasteiger partial charge in [-0.2, -0.15) is 0 Å². The van der Waals surface area contributed by atoms with Gasteiger partial charge in [-0.25, -0.2) is 9.97 Å². The van der Waals surface area contributed by atoms with Gasteiger partial charge in [0.2, 0.25) is 0 Å². The molecule has 1 aliphatic rings. The monoisotopic (exact) mass is 240 g/mol. The molecule has 0 spiro atoms. The lowest BCUT2D eigenvalue weighted by molar-refractivity contribution is 0.0501. The fourth-order valence-corrected chi connectivity index (χ4v) is 2.08. The Kier molecular flexibility index (Phi) is 3.45. The zero-order valence-corrected chi connectivity index (χ0v) is 10.7. The molecule has 16 heavy (non-hydrogen) atoms. The van der Waals surface area contributed by atoms with E-state index in [4.69, 9.17) is 16.3 Å². The van der Waals surface area contributed by atoms with Crippen molar-refractivity contribution in [2.75, 3.05) is 0 Å². The third kappa shape index (κ3) is 2.53. The van der Waals surface area contributed by atoms with E-state index in [-0.39, 0.29) is 6.10 Å². The van der Waals surface area contributed by atoms with Crippen LogP contribution in [-0.4, -0.2) is 16.1 Å². The average molecular weight is 241 g/mol. The molecule has 1 aromatic heterocycles. The predicted molar refractivity (Wildman–Crippen MR) is 63.7 cm³/mol. The molecule has 0 N–H and O–H groups in total. The van der Waals surface area contributed by atoms with E-state index in [0.717, 1.165) is 24.4 Å². The average Bonchev–Trinajstić information content (AvgIpc) is 2.64. The standard InChI is InChI=1S/C12H17ClN2O/c1-7(2)9-6-11(13)15-12(14-9)10-5-4-8(3)16-10/h6-8,10H,4-5H2,1-3H3. The van der Waals surface area contributed by atoms with E-state index < -0.39 is 0 Å². The number of nitrogens with zero attached hydrogens (tertiary/aromatic N) is 2. The SMILES string of the molecule is CC1CCC(c2nc(Cl)cc(C(C)C)n2)O1. The minimum Gasteiger partial charge on any atom is -0.367 e. The molecule has 3 nitrogen and oxygen atoms in total. The van der Waals surface area contributed by atoms with Crippen molar-refractivity contribution in [1.29, 1.82) is 0 Å². The summed E-state index contributed by atoms with van der Waals surface area (Å²) in [7, 11) is 0. The van der Waals surface area contributed by atoms with Gasteiger partial charge in [0.05, 0.1) is 6.10 Å². The van der Waals surface area contributed by atoms with Crippen molar-refractivity contribution >= 4 is 11.6 Å². The van der Waals surface area contributed by atoms with E-state index in [1.54, 1.807) is 0 Å². The van der Waals surface area contributed by atoms with Gasteiger partial charge in [0.25, 0.3) is 0 Å². The van der Waals surface area contributed by atoms with E-state index in [2.05, 4.69) is 30.7 Å². The van der Waals surface area contributed by atoms with Crippen molar-refractivity contribution in [1.82, 2.24) is 9.97 Å². The maximum absolute atomic E-state index is 6.00. The zero-order chi connectivity index (χ0) is 11.7. The topological polar surface area (TPSA) is 35.0 Å². The molecule has 88 valence electrons. The predicted octanol–water partition coefficient (Wildman–Crippen LogP) is 3.49. The zero-order valence-electron chi connectivity index (χ0n) is 9.90. The van der Waals surface area contributed by atoms with Crippen LogP contribution >= 0.6 is 11.6 Å². The van der Waals surface area contributed by atoms with Crippen molar-refractivity contribution in [3.05, 3.63) is 22.7 Å². The highest BCUT2D eigenvalue weighted by atomic mass is 35.5. The van der Waals surface area contributed by atoms with Gasteiger partial charge in [-0.15, -0.1) is 0 Å². The summed E-state index contributed by atoms with van der Waals surface area (Å²) in [6.07, 6.45) is 2.37. The highest BCUT2D eigenvalue weighted by molar-refractivity contribution is 6.29. The minimum absolute atomic E-state index is 0.0196. The molecule has 0 bridgehead atoms. The van der Waals surface area contributed by atoms with Gasteiger partial charge in [0.1, 0.15) is 11.3 Å². The van der Waals surface area contributed by atoms with Crippen LogP contribution in [0, 0.1) is 0 Å². The van der Waals surface area contributed by atoms with Crippen LogP contribution in [0.25, 0.3) is 0 Å². The fourth-order valence-electron chi connectivity index (χ4n) is 1.89. The van der Waals surface area contributed by atoms with E-state index in [0.29, 0.717) is 17.2 Å². The van der Waals surface area contributed by atoms with E-state index in [1.165, 1.54) is 0 Å². The summed E-state index contributed by atoms with van der Waals surface area (Å²) in [5.41, 5.74) is 0.984. The van der Waals surface area contributed by atoms with Gasteiger partial charge in [-0.1, -0.05) is 25.4 Å². The lowest BCUT2D eigenvalue weighted by Gasteiger charge is -2.12. The molecule has 0 aromatic carbocycles. The molecule has 2 heterocycles. The number of ether oxygens (including phenoxy) is 1. The smallest absolute Gasteiger partial charge is 0.159 e. The molecular formula is C12H17ClN2O. The summed E-state index contributed by atoms with van der Waals surface area (Å²) in [5, 5.41) is 0.511. The van der Waals surface area contributed by atoms with Gasteiger partial charge in [0, 0.05) is 5.69 Å². The Morgan fingerprint density at radius 1 is 1.38 bits per heavy atom. The summed E-state index contributed by atoms with van der Waals surface area (Å²) in [6, 6.07) is 1.83. The van der Waals surface area contributed by atoms with E-state index in [9.17, 15) is 0 Å². The van der Waals surface area contributed by atoms with Crippen molar-refractivity contribution in [3.8, 4) is 0 Å². The first kappa shape index (κ1) is 11.8. The molecule has 4 heteroatoms. The van der Waals surface area contributed by atoms with Crippen LogP contribution in [0.4, 0.5) is 0 Å². The van der Waals surface area contributed by atoms with Crippen LogP contribution in [0.15, 0.2) is 6.07 Å². The lowest BCUT2D eigenvalue weighted by Crippen LogP contribution is -2.08. The van der Waals surface area contributed by atoms with Gasteiger partial charge >= 0.3 is 0 Å². The lowest BCUT2D eigenvalue weighted by atomic mass is 10.1. The minimum atomic E-state index is 0.0196. The summed E-state index contributed by atoms with van der Waals surface area (Å²) >= 11 is 6.00. The van der Waals surface area contributed by atoms with Gasteiger partial charge in [-0.3, -0.25) is 0 Å². The summed E-state index contributed by atoms with van der Waals surface area (Å²) < 4.78 is 5.75. The van der Waals surface area contributed by atoms with Crippen molar-refractivity contribution < 1.29 is 4.74 Å². The Labute approximate surface area is 101 Å². The van der Waals surface area contributed by atoms with Crippen molar-refractivity contribution in [2.45, 2.75) is 51.7 Å². The second kappa shape index (κ2) is 4.68. The largest absolute Gasteiger partial charge is 0.367 e. The molecule has 1 aliphatic heterocycles. The molecule has 1 aromatic rings. The second-order valence-corrected chi connectivity index (χ2v) is 5.03. The number of hydrogen-bond acceptors (Lipinski definition) is 3. The first-order valence-electron chi connectivity index (χ1n) is 5.76. The highest BCUT2D eigenvalue weighted by Gasteiger charge is 2.26. The summed E-state index contributed by atoms with van der Waals surface area (Å²) in [4.78, 5) is 8.79. The third-order valence-electron chi connectivity index (χ3n) is 2.84. The number of rotatable bonds is 2. The molecule has 2 atom stereocenters.